The van der Waals surface area contributed by atoms with Crippen molar-refractivity contribution in [1.82, 2.24) is 15.1 Å². The van der Waals surface area contributed by atoms with Crippen molar-refractivity contribution in [1.29, 1.82) is 0 Å². The van der Waals surface area contributed by atoms with Crippen LogP contribution < -0.4 is 15.4 Å². The SMILES string of the molecule is Cc1cc2n(n1)CC(CNCC1Cc3ccccc3O1)CN2. The molecule has 2 aliphatic rings. The van der Waals surface area contributed by atoms with Crippen molar-refractivity contribution < 1.29 is 4.74 Å². The molecule has 0 saturated carbocycles. The maximum Gasteiger partial charge on any atom is 0.124 e. The standard InChI is InChI=1S/C17H22N4O/c1-12-6-17-19-9-13(11-21(17)20-12)8-18-10-15-7-14-4-2-3-5-16(14)22-15/h2-6,13,15,18-19H,7-11H2,1H3. The molecule has 2 aromatic rings. The number of hydrogen-bond acceptors (Lipinski definition) is 4. The van der Waals surface area contributed by atoms with E-state index >= 15 is 0 Å². The highest BCUT2D eigenvalue weighted by molar-refractivity contribution is 5.38. The number of nitrogens with zero attached hydrogens (tertiary/aromatic N) is 2. The van der Waals surface area contributed by atoms with Gasteiger partial charge in [0.05, 0.1) is 5.69 Å². The lowest BCUT2D eigenvalue weighted by molar-refractivity contribution is 0.223. The van der Waals surface area contributed by atoms with Crippen LogP contribution in [0.2, 0.25) is 0 Å². The Kier molecular flexibility index (Phi) is 3.50. The van der Waals surface area contributed by atoms with E-state index in [1.54, 1.807) is 0 Å². The van der Waals surface area contributed by atoms with E-state index in [2.05, 4.69) is 44.7 Å². The zero-order valence-electron chi connectivity index (χ0n) is 12.9. The topological polar surface area (TPSA) is 51.1 Å². The van der Waals surface area contributed by atoms with E-state index in [1.807, 2.05) is 13.0 Å². The van der Waals surface area contributed by atoms with Gasteiger partial charge in [-0.2, -0.15) is 5.10 Å². The van der Waals surface area contributed by atoms with Crippen LogP contribution in [0.5, 0.6) is 5.75 Å². The van der Waals surface area contributed by atoms with Crippen LogP contribution in [-0.4, -0.2) is 35.5 Å². The summed E-state index contributed by atoms with van der Waals surface area (Å²) in [5.41, 5.74) is 2.40. The number of rotatable bonds is 4. The first-order valence-electron chi connectivity index (χ1n) is 8.01. The van der Waals surface area contributed by atoms with Gasteiger partial charge in [0, 0.05) is 44.6 Å². The van der Waals surface area contributed by atoms with E-state index in [0.717, 1.165) is 49.9 Å². The van der Waals surface area contributed by atoms with Crippen LogP contribution in [0.15, 0.2) is 30.3 Å². The van der Waals surface area contributed by atoms with Crippen LogP contribution in [0, 0.1) is 12.8 Å². The predicted octanol–water partition coefficient (Wildman–Crippen LogP) is 1.83. The molecule has 2 aliphatic heterocycles. The van der Waals surface area contributed by atoms with E-state index in [0.29, 0.717) is 5.92 Å². The Labute approximate surface area is 130 Å². The molecule has 2 atom stereocenters. The maximum atomic E-state index is 5.96. The summed E-state index contributed by atoms with van der Waals surface area (Å²) in [6.45, 7) is 5.91. The quantitative estimate of drug-likeness (QED) is 0.904. The summed E-state index contributed by atoms with van der Waals surface area (Å²) in [5.74, 6) is 2.75. The van der Waals surface area contributed by atoms with Crippen molar-refractivity contribution in [2.45, 2.75) is 26.0 Å². The van der Waals surface area contributed by atoms with Gasteiger partial charge in [0.25, 0.3) is 0 Å². The average molecular weight is 298 g/mol. The zero-order chi connectivity index (χ0) is 14.9. The molecule has 22 heavy (non-hydrogen) atoms. The van der Waals surface area contributed by atoms with Gasteiger partial charge in [-0.15, -0.1) is 0 Å². The van der Waals surface area contributed by atoms with E-state index < -0.39 is 0 Å². The smallest absolute Gasteiger partial charge is 0.124 e. The molecule has 0 aliphatic carbocycles. The van der Waals surface area contributed by atoms with Gasteiger partial charge in [0.15, 0.2) is 0 Å². The van der Waals surface area contributed by atoms with Gasteiger partial charge in [0.2, 0.25) is 0 Å². The third-order valence-electron chi connectivity index (χ3n) is 4.42. The van der Waals surface area contributed by atoms with Crippen molar-refractivity contribution in [3.63, 3.8) is 0 Å². The minimum atomic E-state index is 0.261. The predicted molar refractivity (Wildman–Crippen MR) is 86.4 cm³/mol. The zero-order valence-corrected chi connectivity index (χ0v) is 12.9. The molecule has 0 fully saturated rings. The number of para-hydroxylation sites is 1. The molecule has 0 bridgehead atoms. The molecule has 1 aromatic carbocycles. The van der Waals surface area contributed by atoms with Gasteiger partial charge in [-0.05, 0) is 18.6 Å². The normalized spacial score (nSPS) is 22.6. The lowest BCUT2D eigenvalue weighted by Gasteiger charge is -2.25. The Balaban J connectivity index is 1.25. The molecule has 116 valence electrons. The number of hydrogen-bond donors (Lipinski definition) is 2. The number of aryl methyl sites for hydroxylation is 1. The summed E-state index contributed by atoms with van der Waals surface area (Å²) in [5, 5.41) is 11.5. The monoisotopic (exact) mass is 298 g/mol. The van der Waals surface area contributed by atoms with Crippen LogP contribution >= 0.6 is 0 Å². The first kappa shape index (κ1) is 13.6. The number of fused-ring (bicyclic) bond motifs is 2. The van der Waals surface area contributed by atoms with Gasteiger partial charge in [0.1, 0.15) is 17.7 Å². The molecule has 0 spiro atoms. The Morgan fingerprint density at radius 3 is 3.18 bits per heavy atom. The maximum absolute atomic E-state index is 5.96. The number of nitrogens with one attached hydrogen (secondary N) is 2. The van der Waals surface area contributed by atoms with Gasteiger partial charge in [-0.3, -0.25) is 0 Å². The van der Waals surface area contributed by atoms with Crippen molar-refractivity contribution in [3.8, 4) is 5.75 Å². The fraction of sp³-hybridized carbons (Fsp3) is 0.471. The van der Waals surface area contributed by atoms with E-state index in [9.17, 15) is 0 Å². The highest BCUT2D eigenvalue weighted by Crippen LogP contribution is 2.27. The Bertz CT molecular complexity index is 641. The Hall–Kier alpha value is -2.01. The number of anilines is 1. The Morgan fingerprint density at radius 1 is 1.36 bits per heavy atom. The summed E-state index contributed by atoms with van der Waals surface area (Å²) in [4.78, 5) is 0. The minimum Gasteiger partial charge on any atom is -0.488 e. The highest BCUT2D eigenvalue weighted by atomic mass is 16.5. The molecular weight excluding hydrogens is 276 g/mol. The fourth-order valence-electron chi connectivity index (χ4n) is 3.34. The van der Waals surface area contributed by atoms with Crippen LogP contribution in [0.1, 0.15) is 11.3 Å². The van der Waals surface area contributed by atoms with Gasteiger partial charge < -0.3 is 15.4 Å². The van der Waals surface area contributed by atoms with Gasteiger partial charge in [-0.1, -0.05) is 18.2 Å². The number of aromatic nitrogens is 2. The largest absolute Gasteiger partial charge is 0.488 e. The minimum absolute atomic E-state index is 0.261. The lowest BCUT2D eigenvalue weighted by atomic mass is 10.1. The third kappa shape index (κ3) is 2.68. The first-order valence-corrected chi connectivity index (χ1v) is 8.01. The summed E-state index contributed by atoms with van der Waals surface area (Å²) in [7, 11) is 0. The van der Waals surface area contributed by atoms with Crippen LogP contribution in [-0.2, 0) is 13.0 Å². The highest BCUT2D eigenvalue weighted by Gasteiger charge is 2.23. The van der Waals surface area contributed by atoms with Gasteiger partial charge >= 0.3 is 0 Å². The van der Waals surface area contributed by atoms with Crippen LogP contribution in [0.4, 0.5) is 5.82 Å². The molecular formula is C17H22N4O. The summed E-state index contributed by atoms with van der Waals surface area (Å²) < 4.78 is 8.04. The second-order valence-electron chi connectivity index (χ2n) is 6.31. The second kappa shape index (κ2) is 5.65. The fourth-order valence-corrected chi connectivity index (χ4v) is 3.34. The molecule has 3 heterocycles. The van der Waals surface area contributed by atoms with Gasteiger partial charge in [-0.25, -0.2) is 4.68 Å². The van der Waals surface area contributed by atoms with Crippen molar-refractivity contribution in [2.24, 2.45) is 5.92 Å². The molecule has 2 N–H and O–H groups in total. The summed E-state index contributed by atoms with van der Waals surface area (Å²) >= 11 is 0. The molecule has 5 nitrogen and oxygen atoms in total. The molecule has 0 saturated heterocycles. The Morgan fingerprint density at radius 2 is 2.27 bits per heavy atom. The van der Waals surface area contributed by atoms with Crippen molar-refractivity contribution in [2.75, 3.05) is 25.0 Å². The summed E-state index contributed by atoms with van der Waals surface area (Å²) in [6, 6.07) is 10.4. The lowest BCUT2D eigenvalue weighted by Crippen LogP contribution is -2.39. The molecule has 0 amide bonds. The molecule has 5 heteroatoms. The van der Waals surface area contributed by atoms with E-state index in [1.165, 1.54) is 5.56 Å². The summed E-state index contributed by atoms with van der Waals surface area (Å²) in [6.07, 6.45) is 1.27. The number of benzene rings is 1. The third-order valence-corrected chi connectivity index (χ3v) is 4.42. The first-order chi connectivity index (χ1) is 10.8. The molecule has 2 unspecified atom stereocenters. The van der Waals surface area contributed by atoms with Crippen molar-refractivity contribution in [3.05, 3.63) is 41.6 Å². The van der Waals surface area contributed by atoms with E-state index in [4.69, 9.17) is 4.74 Å². The van der Waals surface area contributed by atoms with Crippen molar-refractivity contribution >= 4 is 5.82 Å². The average Bonchev–Trinajstić information content (AvgIpc) is 3.08. The molecule has 0 radical (unpaired) electrons. The van der Waals surface area contributed by atoms with Crippen LogP contribution in [0.25, 0.3) is 0 Å². The molecule has 4 rings (SSSR count). The van der Waals surface area contributed by atoms with E-state index in [-0.39, 0.29) is 6.10 Å². The molecule has 1 aromatic heterocycles. The van der Waals surface area contributed by atoms with Crippen LogP contribution in [0.3, 0.4) is 0 Å². The number of ether oxygens (including phenoxy) is 1. The second-order valence-corrected chi connectivity index (χ2v) is 6.31.